The Morgan fingerprint density at radius 3 is 1.91 bits per heavy atom. The first-order valence-corrected chi connectivity index (χ1v) is 22.7. The van der Waals surface area contributed by atoms with Crippen molar-refractivity contribution in [2.45, 2.75) is 33.9 Å². The third-order valence-corrected chi connectivity index (χ3v) is 13.2. The molecular weight excluding hydrogens is 1020 g/mol. The van der Waals surface area contributed by atoms with E-state index in [1.807, 2.05) is 0 Å². The van der Waals surface area contributed by atoms with Gasteiger partial charge < -0.3 is 35.2 Å². The normalized spacial score (nSPS) is 11.9. The number of sulfone groups is 2. The molecule has 0 saturated heterocycles. The van der Waals surface area contributed by atoms with Crippen LogP contribution in [-0.4, -0.2) is 79.7 Å². The van der Waals surface area contributed by atoms with Crippen LogP contribution < -0.4 is 139 Å². The van der Waals surface area contributed by atoms with Gasteiger partial charge in [-0.25, -0.2) is 33.7 Å². The molecular formula is C29H29N5Na4O20S6. The maximum atomic E-state index is 12.9. The Morgan fingerprint density at radius 2 is 1.34 bits per heavy atom. The number of phenolic OH excluding ortho intramolecular Hbond substituents is 1. The molecule has 35 heteroatoms. The van der Waals surface area contributed by atoms with Crippen molar-refractivity contribution in [2.24, 2.45) is 20.5 Å². The standard InChI is InChI=1S/C28H29N5O20S6.CH4.4Na/c1-15-11-19(20(47-2)14-22(15)57(39,40)10-8-49-59(44,45)46)31-33-27-23(58(41,42)43)13-16-12-21(54-52-50-35)26(28(34)24(16)25(27)29)32-30-17-3-5-18(6-4-17)56(37,38)9-7-48-55-53-51-36;;;;;/h3-6,11-14,34-36H,7-10,29H2,1-2H3,(H,41,42,43)(H,44,45,46);1H4;;;;/q;;4*+1/p-4. The van der Waals surface area contributed by atoms with Crippen LogP contribution in [0.25, 0.3) is 10.8 Å². The number of nitrogens with zero attached hydrogens (tertiary/aromatic N) is 4. The zero-order valence-electron chi connectivity index (χ0n) is 33.5. The van der Waals surface area contributed by atoms with E-state index in [2.05, 4.69) is 43.4 Å². The molecule has 0 bridgehead atoms. The number of phenols is 1. The number of nitrogen functional groups attached to an aromatic ring is 1. The van der Waals surface area contributed by atoms with Crippen molar-refractivity contribution in [2.75, 3.05) is 37.6 Å². The first-order chi connectivity index (χ1) is 27.6. The SMILES string of the molecule is C.COc1cc(S(=O)(=O)CCOS(=O)(=O)[O-])c(C)cc1N=Nc1c(S(=O)(=O)[O-])cc2cc(SOO[O-])c(N=Nc3ccc(S(=O)(=O)CCOSOO[O-])cc3)c(O)c2c1N.[Na+].[Na+].[Na+].[Na+]. The van der Waals surface area contributed by atoms with E-state index >= 15 is 0 Å². The quantitative estimate of drug-likeness (QED) is 0.00900. The molecule has 0 radical (unpaired) electrons. The van der Waals surface area contributed by atoms with Gasteiger partial charge in [-0.3, -0.25) is 18.4 Å². The van der Waals surface area contributed by atoms with Crippen molar-refractivity contribution in [1.82, 2.24) is 0 Å². The molecule has 4 aromatic carbocycles. The molecule has 0 unspecified atom stereocenters. The minimum absolute atomic E-state index is 0. The number of aromatic hydroxyl groups is 1. The molecule has 25 nitrogen and oxygen atoms in total. The molecule has 0 aliphatic rings. The number of azo groups is 2. The predicted molar refractivity (Wildman–Crippen MR) is 201 cm³/mol. The average Bonchev–Trinajstić information content (AvgIpc) is 3.15. The number of methoxy groups -OCH3 is 1. The molecule has 0 aliphatic heterocycles. The van der Waals surface area contributed by atoms with E-state index in [4.69, 9.17) is 14.7 Å². The van der Waals surface area contributed by atoms with E-state index in [1.54, 1.807) is 0 Å². The van der Waals surface area contributed by atoms with Gasteiger partial charge in [0.25, 0.3) is 0 Å². The van der Waals surface area contributed by atoms with E-state index in [9.17, 15) is 58.4 Å². The van der Waals surface area contributed by atoms with Crippen molar-refractivity contribution in [3.63, 3.8) is 0 Å². The minimum atomic E-state index is -5.42. The van der Waals surface area contributed by atoms with Gasteiger partial charge in [-0.2, -0.15) is 9.45 Å². The van der Waals surface area contributed by atoms with Gasteiger partial charge in [0.15, 0.2) is 37.7 Å². The molecule has 0 aliphatic carbocycles. The van der Waals surface area contributed by atoms with Crippen LogP contribution in [0.15, 0.2) is 88.6 Å². The first kappa shape index (κ1) is 65.9. The second kappa shape index (κ2) is 29.1. The number of benzene rings is 4. The van der Waals surface area contributed by atoms with Gasteiger partial charge in [-0.1, -0.05) is 7.43 Å². The molecule has 64 heavy (non-hydrogen) atoms. The molecule has 4 rings (SSSR count). The monoisotopic (exact) mass is 1050 g/mol. The summed E-state index contributed by atoms with van der Waals surface area (Å²) in [5.41, 5.74) is 4.17. The molecule has 0 spiro atoms. The summed E-state index contributed by atoms with van der Waals surface area (Å²) >= 11 is 0.313. The molecule has 0 heterocycles. The van der Waals surface area contributed by atoms with Gasteiger partial charge in [-0.05, 0) is 60.3 Å². The predicted octanol–water partition coefficient (Wildman–Crippen LogP) is -9.11. The smallest absolute Gasteiger partial charge is 0.744 e. The fourth-order valence-corrected chi connectivity index (χ4v) is 9.17. The van der Waals surface area contributed by atoms with Gasteiger partial charge in [0.05, 0.1) is 80.2 Å². The van der Waals surface area contributed by atoms with E-state index in [1.165, 1.54) is 31.2 Å². The fraction of sp³-hybridized carbons (Fsp3) is 0.241. The van der Waals surface area contributed by atoms with Crippen LogP contribution in [0.5, 0.6) is 11.5 Å². The second-order valence-corrected chi connectivity index (χ2v) is 18.9. The van der Waals surface area contributed by atoms with Crippen molar-refractivity contribution >= 4 is 104 Å². The number of fused-ring (bicyclic) bond motifs is 1. The Labute approximate surface area is 463 Å². The number of anilines is 1. The summed E-state index contributed by atoms with van der Waals surface area (Å²) in [5, 5.41) is 53.4. The summed E-state index contributed by atoms with van der Waals surface area (Å²) in [6.07, 6.45) is 0. The Hall–Kier alpha value is -0.160. The second-order valence-electron chi connectivity index (χ2n) is 11.1. The molecule has 0 atom stereocenters. The Morgan fingerprint density at radius 1 is 0.750 bits per heavy atom. The van der Waals surface area contributed by atoms with Crippen LogP contribution in [0.2, 0.25) is 0 Å². The third kappa shape index (κ3) is 18.3. The van der Waals surface area contributed by atoms with E-state index < -0.39 is 86.0 Å². The van der Waals surface area contributed by atoms with Crippen LogP contribution in [0, 0.1) is 6.92 Å². The number of rotatable bonds is 21. The Balaban J connectivity index is 0. The molecule has 0 saturated carbocycles. The van der Waals surface area contributed by atoms with Crippen molar-refractivity contribution in [3.8, 4) is 11.5 Å². The van der Waals surface area contributed by atoms with E-state index in [0.717, 1.165) is 31.4 Å². The number of aryl methyl sites for hydroxylation is 1. The van der Waals surface area contributed by atoms with Gasteiger partial charge in [-0.15, -0.1) is 19.7 Å². The van der Waals surface area contributed by atoms with Crippen LogP contribution in [-0.2, 0) is 67.3 Å². The maximum Gasteiger partial charge on any atom is 1.00 e. The summed E-state index contributed by atoms with van der Waals surface area (Å²) in [5.74, 6) is -2.54. The van der Waals surface area contributed by atoms with Gasteiger partial charge in [0.1, 0.15) is 32.9 Å². The van der Waals surface area contributed by atoms with Gasteiger partial charge >= 0.3 is 118 Å². The average molecular weight is 1050 g/mol. The maximum absolute atomic E-state index is 12.9. The first-order valence-electron chi connectivity index (χ1n) is 15.3. The topological polar surface area (TPSA) is 389 Å². The fourth-order valence-electron chi connectivity index (χ4n) is 4.86. The number of hydrogen-bond donors (Lipinski definition) is 2. The largest absolute Gasteiger partial charge is 1.00 e. The molecule has 3 N–H and O–H groups in total. The summed E-state index contributed by atoms with van der Waals surface area (Å²) in [7, 11) is -17.7. The van der Waals surface area contributed by atoms with Crippen LogP contribution in [0.3, 0.4) is 0 Å². The minimum Gasteiger partial charge on any atom is -0.744 e. The number of ether oxygens (including phenoxy) is 1. The molecule has 4 aromatic rings. The van der Waals surface area contributed by atoms with E-state index in [0.29, 0.717) is 0 Å². The molecule has 0 amide bonds. The van der Waals surface area contributed by atoms with Gasteiger partial charge in [0, 0.05) is 6.07 Å². The summed E-state index contributed by atoms with van der Waals surface area (Å²) < 4.78 is 143. The van der Waals surface area contributed by atoms with Crippen molar-refractivity contribution in [3.05, 3.63) is 54.1 Å². The van der Waals surface area contributed by atoms with Crippen LogP contribution in [0.1, 0.15) is 13.0 Å². The van der Waals surface area contributed by atoms with Gasteiger partial charge in [0.2, 0.25) is 10.4 Å². The molecule has 0 fully saturated rings. The zero-order valence-corrected chi connectivity index (χ0v) is 46.4. The molecule has 0 aromatic heterocycles. The Bertz CT molecular complexity index is 2720. The zero-order chi connectivity index (χ0) is 43.8. The number of nitrogens with two attached hydrogens (primary N) is 1. The molecule has 330 valence electrons. The third-order valence-electron chi connectivity index (χ3n) is 7.38. The van der Waals surface area contributed by atoms with Crippen molar-refractivity contribution in [1.29, 1.82) is 0 Å². The van der Waals surface area contributed by atoms with E-state index in [-0.39, 0.29) is 205 Å². The van der Waals surface area contributed by atoms with Crippen LogP contribution >= 0.6 is 24.4 Å². The van der Waals surface area contributed by atoms with Crippen molar-refractivity contribution < 1.29 is 208 Å². The number of hydrogen-bond acceptors (Lipinski definition) is 27. The van der Waals surface area contributed by atoms with Crippen LogP contribution in [0.4, 0.5) is 28.4 Å². The summed E-state index contributed by atoms with van der Waals surface area (Å²) in [6, 6.07) is 8.75. The summed E-state index contributed by atoms with van der Waals surface area (Å²) in [6.45, 7) is -0.0610. The Kier molecular flexibility index (Phi) is 30.0. The summed E-state index contributed by atoms with van der Waals surface area (Å²) in [4.78, 5) is -1.84.